The minimum atomic E-state index is 0.915. The van der Waals surface area contributed by atoms with Crippen molar-refractivity contribution in [3.63, 3.8) is 0 Å². The van der Waals surface area contributed by atoms with Crippen LogP contribution in [0.5, 0.6) is 0 Å². The van der Waals surface area contributed by atoms with E-state index in [9.17, 15) is 0 Å². The molecule has 3 N–H and O–H groups in total. The summed E-state index contributed by atoms with van der Waals surface area (Å²) in [5, 5.41) is 1.10. The molecule has 3 rings (SSSR count). The Labute approximate surface area is 120 Å². The van der Waals surface area contributed by atoms with E-state index in [1.165, 1.54) is 24.9 Å². The molecule has 0 atom stereocenters. The average Bonchev–Trinajstić information content (AvgIpc) is 2.54. The Morgan fingerprint density at radius 3 is 2.70 bits per heavy atom. The van der Waals surface area contributed by atoms with Crippen LogP contribution in [0.3, 0.4) is 0 Å². The molecule has 0 bridgehead atoms. The molecule has 20 heavy (non-hydrogen) atoms. The fourth-order valence-corrected chi connectivity index (χ4v) is 2.92. The molecule has 2 heterocycles. The molecule has 1 fully saturated rings. The topological polar surface area (TPSA) is 54.2 Å². The molecule has 0 unspecified atom stereocenters. The lowest BCUT2D eigenvalue weighted by molar-refractivity contribution is 0.578. The van der Waals surface area contributed by atoms with Crippen LogP contribution in [0.15, 0.2) is 24.3 Å². The number of nitrogen functional groups attached to an aromatic ring is 1. The lowest BCUT2D eigenvalue weighted by atomic mass is 10.1. The van der Waals surface area contributed by atoms with Crippen molar-refractivity contribution in [2.75, 3.05) is 23.4 Å². The first-order valence-electron chi connectivity index (χ1n) is 7.47. The zero-order valence-electron chi connectivity index (χ0n) is 12.0. The first-order valence-corrected chi connectivity index (χ1v) is 7.47. The van der Waals surface area contributed by atoms with Gasteiger partial charge in [-0.15, -0.1) is 0 Å². The van der Waals surface area contributed by atoms with Crippen molar-refractivity contribution in [3.8, 4) is 0 Å². The number of hydrogen-bond acceptors (Lipinski definition) is 4. The summed E-state index contributed by atoms with van der Waals surface area (Å²) < 4.78 is 0. The van der Waals surface area contributed by atoms with E-state index in [0.29, 0.717) is 0 Å². The molecule has 0 amide bonds. The number of pyridine rings is 1. The molecule has 0 aliphatic carbocycles. The second-order valence-electron chi connectivity index (χ2n) is 5.41. The van der Waals surface area contributed by atoms with Crippen LogP contribution in [0.1, 0.15) is 31.9 Å². The van der Waals surface area contributed by atoms with Crippen LogP contribution in [0.2, 0.25) is 0 Å². The molecule has 1 aromatic heterocycles. The van der Waals surface area contributed by atoms with Crippen LogP contribution in [0.25, 0.3) is 10.9 Å². The van der Waals surface area contributed by atoms with Gasteiger partial charge in [0.15, 0.2) is 0 Å². The number of nitrogens with two attached hydrogens (primary N) is 1. The van der Waals surface area contributed by atoms with Crippen LogP contribution in [-0.2, 0) is 6.42 Å². The molecule has 1 aliphatic rings. The third kappa shape index (κ3) is 2.43. The monoisotopic (exact) mass is 270 g/mol. The number of rotatable bonds is 3. The van der Waals surface area contributed by atoms with Gasteiger partial charge in [-0.05, 0) is 49.9 Å². The second kappa shape index (κ2) is 5.67. The predicted molar refractivity (Wildman–Crippen MR) is 85.0 cm³/mol. The molecule has 0 saturated carbocycles. The Kier molecular flexibility index (Phi) is 3.74. The van der Waals surface area contributed by atoms with Gasteiger partial charge in [0.2, 0.25) is 0 Å². The van der Waals surface area contributed by atoms with Crippen molar-refractivity contribution in [2.24, 2.45) is 5.84 Å². The molecule has 1 saturated heterocycles. The smallest absolute Gasteiger partial charge is 0.0728 e. The van der Waals surface area contributed by atoms with Gasteiger partial charge in [0, 0.05) is 29.9 Å². The van der Waals surface area contributed by atoms with E-state index in [4.69, 9.17) is 5.84 Å². The molecule has 106 valence electrons. The number of hydrogen-bond donors (Lipinski definition) is 2. The molecule has 2 aromatic rings. The molecule has 0 radical (unpaired) electrons. The van der Waals surface area contributed by atoms with Gasteiger partial charge >= 0.3 is 0 Å². The van der Waals surface area contributed by atoms with E-state index >= 15 is 0 Å². The highest BCUT2D eigenvalue weighted by atomic mass is 15.2. The molecular formula is C16H22N4. The van der Waals surface area contributed by atoms with Crippen LogP contribution in [0.4, 0.5) is 11.4 Å². The Hall–Kier alpha value is -1.81. The lowest BCUT2D eigenvalue weighted by Crippen LogP contribution is -2.29. The van der Waals surface area contributed by atoms with Crippen molar-refractivity contribution < 1.29 is 0 Å². The van der Waals surface area contributed by atoms with Crippen molar-refractivity contribution in [1.29, 1.82) is 0 Å². The van der Waals surface area contributed by atoms with E-state index < -0.39 is 0 Å². The van der Waals surface area contributed by atoms with Gasteiger partial charge in [0.05, 0.1) is 11.2 Å². The van der Waals surface area contributed by atoms with Gasteiger partial charge in [-0.2, -0.15) is 0 Å². The standard InChI is InChI=1S/C16H22N4/c1-2-12-10-16(19-17)14-11-13(6-7-15(14)18-12)20-8-4-3-5-9-20/h6-7,10-11H,2-5,8-9,17H2,1H3,(H,18,19). The van der Waals surface area contributed by atoms with Gasteiger partial charge in [0.25, 0.3) is 0 Å². The normalized spacial score (nSPS) is 15.6. The number of piperidine rings is 1. The fraction of sp³-hybridized carbons (Fsp3) is 0.438. The van der Waals surface area contributed by atoms with E-state index in [1.54, 1.807) is 0 Å². The van der Waals surface area contributed by atoms with Gasteiger partial charge < -0.3 is 10.3 Å². The molecular weight excluding hydrogens is 248 g/mol. The number of benzene rings is 1. The number of nitrogens with zero attached hydrogens (tertiary/aromatic N) is 2. The Morgan fingerprint density at radius 1 is 1.20 bits per heavy atom. The van der Waals surface area contributed by atoms with Gasteiger partial charge in [-0.3, -0.25) is 10.8 Å². The lowest BCUT2D eigenvalue weighted by Gasteiger charge is -2.29. The minimum Gasteiger partial charge on any atom is -0.372 e. The summed E-state index contributed by atoms with van der Waals surface area (Å²) in [5.41, 5.74) is 7.14. The van der Waals surface area contributed by atoms with E-state index in [2.05, 4.69) is 40.4 Å². The maximum atomic E-state index is 5.68. The second-order valence-corrected chi connectivity index (χ2v) is 5.41. The molecule has 4 nitrogen and oxygen atoms in total. The van der Waals surface area contributed by atoms with Crippen molar-refractivity contribution >= 4 is 22.3 Å². The molecule has 1 aliphatic heterocycles. The van der Waals surface area contributed by atoms with Gasteiger partial charge in [-0.1, -0.05) is 6.92 Å². The van der Waals surface area contributed by atoms with Crippen LogP contribution >= 0.6 is 0 Å². The third-order valence-electron chi connectivity index (χ3n) is 4.08. The quantitative estimate of drug-likeness (QED) is 0.665. The number of hydrazine groups is 1. The Balaban J connectivity index is 2.05. The predicted octanol–water partition coefficient (Wildman–Crippen LogP) is 3.07. The minimum absolute atomic E-state index is 0.915. The summed E-state index contributed by atoms with van der Waals surface area (Å²) in [7, 11) is 0. The summed E-state index contributed by atoms with van der Waals surface area (Å²) in [6.45, 7) is 4.41. The zero-order valence-corrected chi connectivity index (χ0v) is 12.0. The van der Waals surface area contributed by atoms with E-state index in [-0.39, 0.29) is 0 Å². The van der Waals surface area contributed by atoms with E-state index in [0.717, 1.165) is 41.8 Å². The first-order chi connectivity index (χ1) is 9.81. The van der Waals surface area contributed by atoms with Crippen molar-refractivity contribution in [3.05, 3.63) is 30.0 Å². The summed E-state index contributed by atoms with van der Waals surface area (Å²) in [4.78, 5) is 7.13. The highest BCUT2D eigenvalue weighted by molar-refractivity contribution is 5.93. The molecule has 1 aromatic carbocycles. The SMILES string of the molecule is CCc1cc(NN)c2cc(N3CCCCC3)ccc2n1. The summed E-state index contributed by atoms with van der Waals surface area (Å²) in [6.07, 6.45) is 4.83. The highest BCUT2D eigenvalue weighted by Crippen LogP contribution is 2.29. The third-order valence-corrected chi connectivity index (χ3v) is 4.08. The number of nitrogens with one attached hydrogen (secondary N) is 1. The van der Waals surface area contributed by atoms with Crippen LogP contribution in [-0.4, -0.2) is 18.1 Å². The highest BCUT2D eigenvalue weighted by Gasteiger charge is 2.12. The Morgan fingerprint density at radius 2 is 2.00 bits per heavy atom. The van der Waals surface area contributed by atoms with Crippen molar-refractivity contribution in [1.82, 2.24) is 4.98 Å². The fourth-order valence-electron chi connectivity index (χ4n) is 2.92. The van der Waals surface area contributed by atoms with Gasteiger partial charge in [0.1, 0.15) is 0 Å². The number of fused-ring (bicyclic) bond motifs is 1. The maximum absolute atomic E-state index is 5.68. The maximum Gasteiger partial charge on any atom is 0.0728 e. The molecule has 0 spiro atoms. The summed E-state index contributed by atoms with van der Waals surface area (Å²) >= 11 is 0. The zero-order chi connectivity index (χ0) is 13.9. The average molecular weight is 270 g/mol. The molecule has 4 heteroatoms. The van der Waals surface area contributed by atoms with E-state index in [1.807, 2.05) is 6.07 Å². The largest absolute Gasteiger partial charge is 0.372 e. The number of anilines is 2. The Bertz CT molecular complexity index is 603. The number of aryl methyl sites for hydroxylation is 1. The summed E-state index contributed by atoms with van der Waals surface area (Å²) in [6, 6.07) is 8.55. The first kappa shape index (κ1) is 13.2. The van der Waals surface area contributed by atoms with Crippen molar-refractivity contribution in [2.45, 2.75) is 32.6 Å². The van der Waals surface area contributed by atoms with Gasteiger partial charge in [-0.25, -0.2) is 0 Å². The van der Waals surface area contributed by atoms with Crippen LogP contribution < -0.4 is 16.2 Å². The van der Waals surface area contributed by atoms with Crippen LogP contribution in [0, 0.1) is 0 Å². The number of aromatic nitrogens is 1. The summed E-state index contributed by atoms with van der Waals surface area (Å²) in [5.74, 6) is 5.68.